The van der Waals surface area contributed by atoms with Gasteiger partial charge in [-0.2, -0.15) is 0 Å². The van der Waals surface area contributed by atoms with Crippen molar-refractivity contribution in [2.24, 2.45) is 11.1 Å². The largest absolute Gasteiger partial charge is 0.491 e. The maximum absolute atomic E-state index is 13.8. The van der Waals surface area contributed by atoms with Gasteiger partial charge in [0, 0.05) is 11.8 Å². The van der Waals surface area contributed by atoms with Gasteiger partial charge in [-0.1, -0.05) is 26.1 Å². The Bertz CT molecular complexity index is 530. The number of ether oxygens (including phenoxy) is 1. The van der Waals surface area contributed by atoms with Gasteiger partial charge in [-0.05, 0) is 31.9 Å². The molecule has 116 valence electrons. The lowest BCUT2D eigenvalue weighted by atomic mass is 9.81. The maximum Gasteiger partial charge on any atom is 0.237 e. The average Bonchev–Trinajstić information content (AvgIpc) is 2.43. The summed E-state index contributed by atoms with van der Waals surface area (Å²) in [5, 5.41) is 2.67. The highest BCUT2D eigenvalue weighted by atomic mass is 32.1. The molecule has 21 heavy (non-hydrogen) atoms. The van der Waals surface area contributed by atoms with Gasteiger partial charge in [0.2, 0.25) is 5.91 Å². The van der Waals surface area contributed by atoms with Crippen molar-refractivity contribution >= 4 is 28.8 Å². The molecule has 0 aromatic heterocycles. The topological polar surface area (TPSA) is 64.3 Å². The minimum atomic E-state index is -0.912. The number of amides is 1. The van der Waals surface area contributed by atoms with Crippen molar-refractivity contribution in [3.05, 3.63) is 24.0 Å². The molecule has 0 bridgehead atoms. The van der Waals surface area contributed by atoms with E-state index in [9.17, 15) is 9.18 Å². The molecule has 0 saturated carbocycles. The number of anilines is 1. The monoisotopic (exact) mass is 312 g/mol. The highest BCUT2D eigenvalue weighted by molar-refractivity contribution is 7.80. The molecule has 3 N–H and O–H groups in total. The van der Waals surface area contributed by atoms with Crippen LogP contribution in [0.2, 0.25) is 0 Å². The van der Waals surface area contributed by atoms with Crippen molar-refractivity contribution in [1.82, 2.24) is 0 Å². The Balaban J connectivity index is 2.97. The predicted octanol–water partition coefficient (Wildman–Crippen LogP) is 3.26. The van der Waals surface area contributed by atoms with E-state index >= 15 is 0 Å². The molecule has 0 atom stereocenters. The number of carbonyl (C=O) groups excluding carboxylic acids is 1. The van der Waals surface area contributed by atoms with E-state index in [1.54, 1.807) is 13.0 Å². The predicted molar refractivity (Wildman–Crippen MR) is 86.0 cm³/mol. The minimum Gasteiger partial charge on any atom is -0.491 e. The smallest absolute Gasteiger partial charge is 0.237 e. The van der Waals surface area contributed by atoms with E-state index in [0.717, 1.165) is 0 Å². The first-order valence-electron chi connectivity index (χ1n) is 6.95. The van der Waals surface area contributed by atoms with Crippen LogP contribution in [0.5, 0.6) is 5.75 Å². The zero-order valence-electron chi connectivity index (χ0n) is 12.5. The molecule has 4 nitrogen and oxygen atoms in total. The second-order valence-corrected chi connectivity index (χ2v) is 5.13. The molecule has 0 aliphatic heterocycles. The van der Waals surface area contributed by atoms with E-state index in [1.165, 1.54) is 12.1 Å². The number of hydrogen-bond donors (Lipinski definition) is 2. The summed E-state index contributed by atoms with van der Waals surface area (Å²) < 4.78 is 18.9. The van der Waals surface area contributed by atoms with E-state index in [2.05, 4.69) is 5.32 Å². The number of nitrogens with two attached hydrogens (primary N) is 1. The summed E-state index contributed by atoms with van der Waals surface area (Å²) in [4.78, 5) is 12.6. The fourth-order valence-corrected chi connectivity index (χ4v) is 2.51. The van der Waals surface area contributed by atoms with Crippen molar-refractivity contribution in [3.63, 3.8) is 0 Å². The van der Waals surface area contributed by atoms with Crippen molar-refractivity contribution in [2.45, 2.75) is 33.6 Å². The Morgan fingerprint density at radius 3 is 2.43 bits per heavy atom. The third-order valence-corrected chi connectivity index (χ3v) is 3.99. The molecular formula is C15H21FN2O2S. The Labute approximate surface area is 129 Å². The molecule has 0 spiro atoms. The summed E-state index contributed by atoms with van der Waals surface area (Å²) in [7, 11) is 0. The van der Waals surface area contributed by atoms with Gasteiger partial charge in [0.05, 0.1) is 17.0 Å². The Morgan fingerprint density at radius 1 is 1.38 bits per heavy atom. The van der Waals surface area contributed by atoms with Gasteiger partial charge < -0.3 is 15.8 Å². The number of hydrogen-bond acceptors (Lipinski definition) is 3. The molecule has 1 aromatic rings. The molecule has 0 unspecified atom stereocenters. The van der Waals surface area contributed by atoms with Crippen LogP contribution in [-0.4, -0.2) is 17.5 Å². The van der Waals surface area contributed by atoms with E-state index in [1.807, 2.05) is 13.8 Å². The summed E-state index contributed by atoms with van der Waals surface area (Å²) in [6.07, 6.45) is 0.981. The van der Waals surface area contributed by atoms with Gasteiger partial charge in [0.15, 0.2) is 11.6 Å². The summed E-state index contributed by atoms with van der Waals surface area (Å²) in [6.45, 7) is 5.84. The Morgan fingerprint density at radius 2 is 2.00 bits per heavy atom. The molecular weight excluding hydrogens is 291 g/mol. The van der Waals surface area contributed by atoms with E-state index in [4.69, 9.17) is 22.7 Å². The third-order valence-electron chi connectivity index (χ3n) is 3.60. The number of carbonyl (C=O) groups is 1. The van der Waals surface area contributed by atoms with Crippen LogP contribution in [0, 0.1) is 11.2 Å². The molecule has 1 amide bonds. The van der Waals surface area contributed by atoms with Gasteiger partial charge >= 0.3 is 0 Å². The van der Waals surface area contributed by atoms with Gasteiger partial charge in [0.25, 0.3) is 0 Å². The molecule has 0 fully saturated rings. The highest BCUT2D eigenvalue weighted by Gasteiger charge is 2.38. The third kappa shape index (κ3) is 3.69. The molecule has 6 heteroatoms. The van der Waals surface area contributed by atoms with Crippen LogP contribution in [-0.2, 0) is 4.79 Å². The first kappa shape index (κ1) is 17.4. The van der Waals surface area contributed by atoms with Gasteiger partial charge in [0.1, 0.15) is 0 Å². The van der Waals surface area contributed by atoms with Crippen LogP contribution in [0.25, 0.3) is 0 Å². The summed E-state index contributed by atoms with van der Waals surface area (Å²) in [6, 6.07) is 4.29. The zero-order chi connectivity index (χ0) is 16.0. The van der Waals surface area contributed by atoms with Crippen molar-refractivity contribution < 1.29 is 13.9 Å². The summed E-state index contributed by atoms with van der Waals surface area (Å²) in [5.74, 6) is -0.686. The van der Waals surface area contributed by atoms with Gasteiger partial charge in [-0.15, -0.1) is 0 Å². The van der Waals surface area contributed by atoms with Crippen molar-refractivity contribution in [1.29, 1.82) is 0 Å². The first-order chi connectivity index (χ1) is 9.91. The SMILES string of the molecule is CCOc1ccc(NC(=O)C(CC)(CC)C(N)=S)cc1F. The Hall–Kier alpha value is -1.69. The number of rotatable bonds is 7. The maximum atomic E-state index is 13.8. The standard InChI is InChI=1S/C15H21FN2O2S/c1-4-15(5-2,13(17)21)14(19)18-10-7-8-12(20-6-3)11(16)9-10/h7-9H,4-6H2,1-3H3,(H2,17,21)(H,18,19). The van der Waals surface area contributed by atoms with Gasteiger partial charge in [-0.25, -0.2) is 4.39 Å². The normalized spacial score (nSPS) is 11.0. The lowest BCUT2D eigenvalue weighted by molar-refractivity contribution is -0.122. The van der Waals surface area contributed by atoms with Gasteiger partial charge in [-0.3, -0.25) is 4.79 Å². The zero-order valence-corrected chi connectivity index (χ0v) is 13.3. The highest BCUT2D eigenvalue weighted by Crippen LogP contribution is 2.29. The quantitative estimate of drug-likeness (QED) is 0.759. The fraction of sp³-hybridized carbons (Fsp3) is 0.467. The number of halogens is 1. The molecule has 1 rings (SSSR count). The van der Waals surface area contributed by atoms with E-state index in [0.29, 0.717) is 25.1 Å². The van der Waals surface area contributed by atoms with Crippen LogP contribution in [0.15, 0.2) is 18.2 Å². The summed E-state index contributed by atoms with van der Waals surface area (Å²) in [5.41, 5.74) is 5.16. The van der Waals surface area contributed by atoms with Crippen LogP contribution in [0.4, 0.5) is 10.1 Å². The molecule has 0 heterocycles. The average molecular weight is 312 g/mol. The van der Waals surface area contributed by atoms with E-state index in [-0.39, 0.29) is 16.6 Å². The van der Waals surface area contributed by atoms with Crippen LogP contribution in [0.1, 0.15) is 33.6 Å². The molecule has 0 aliphatic carbocycles. The van der Waals surface area contributed by atoms with Crippen molar-refractivity contribution in [2.75, 3.05) is 11.9 Å². The van der Waals surface area contributed by atoms with Crippen LogP contribution in [0.3, 0.4) is 0 Å². The van der Waals surface area contributed by atoms with Crippen LogP contribution < -0.4 is 15.8 Å². The second kappa shape index (κ2) is 7.36. The summed E-state index contributed by atoms with van der Waals surface area (Å²) >= 11 is 5.02. The second-order valence-electron chi connectivity index (χ2n) is 4.69. The number of benzene rings is 1. The minimum absolute atomic E-state index is 0.149. The number of nitrogens with one attached hydrogen (secondary N) is 1. The van der Waals surface area contributed by atoms with E-state index < -0.39 is 11.2 Å². The lowest BCUT2D eigenvalue weighted by Gasteiger charge is -2.28. The molecule has 0 saturated heterocycles. The molecule has 0 radical (unpaired) electrons. The van der Waals surface area contributed by atoms with Crippen molar-refractivity contribution in [3.8, 4) is 5.75 Å². The number of thiocarbonyl (C=S) groups is 1. The Kier molecular flexibility index (Phi) is 6.08. The molecule has 1 aromatic carbocycles. The lowest BCUT2D eigenvalue weighted by Crippen LogP contribution is -2.45. The van der Waals surface area contributed by atoms with Crippen LogP contribution >= 0.6 is 12.2 Å². The fourth-order valence-electron chi connectivity index (χ4n) is 2.13. The first-order valence-corrected chi connectivity index (χ1v) is 7.35. The molecule has 0 aliphatic rings.